The number of carbonyl (C=O) groups is 1. The van der Waals surface area contributed by atoms with E-state index in [1.807, 2.05) is 32.0 Å². The van der Waals surface area contributed by atoms with E-state index in [1.54, 1.807) is 24.3 Å². The molecule has 0 radical (unpaired) electrons. The minimum absolute atomic E-state index is 0.00728. The summed E-state index contributed by atoms with van der Waals surface area (Å²) < 4.78 is 5.50. The number of nitrogens with one attached hydrogen (secondary N) is 2. The Hall–Kier alpha value is -2.54. The minimum Gasteiger partial charge on any atom is -0.484 e. The van der Waals surface area contributed by atoms with Gasteiger partial charge in [-0.2, -0.15) is 0 Å². The van der Waals surface area contributed by atoms with Crippen LogP contribution in [0, 0.1) is 6.92 Å². The van der Waals surface area contributed by atoms with Crippen LogP contribution < -0.4 is 20.3 Å². The molecule has 0 saturated heterocycles. The Kier molecular flexibility index (Phi) is 7.14. The minimum atomic E-state index is -0.0987. The quantitative estimate of drug-likeness (QED) is 0.718. The Morgan fingerprint density at radius 2 is 1.79 bits per heavy atom. The number of halogens is 1. The normalized spacial score (nSPS) is 18.8. The van der Waals surface area contributed by atoms with Crippen molar-refractivity contribution in [2.75, 3.05) is 30.9 Å². The number of benzene rings is 1. The molecule has 0 bridgehead atoms. The number of carbonyl (C=O) groups excluding carboxylic acids is 1. The third kappa shape index (κ3) is 6.49. The van der Waals surface area contributed by atoms with Crippen LogP contribution in [0.1, 0.15) is 31.5 Å². The molecule has 2 N–H and O–H groups in total. The van der Waals surface area contributed by atoms with Crippen LogP contribution in [0.4, 0.5) is 11.6 Å². The van der Waals surface area contributed by atoms with Crippen LogP contribution in [0.2, 0.25) is 5.02 Å². The zero-order valence-corrected chi connectivity index (χ0v) is 17.9. The molecule has 7 nitrogen and oxygen atoms in total. The van der Waals surface area contributed by atoms with Gasteiger partial charge in [0.25, 0.3) is 5.91 Å². The highest BCUT2D eigenvalue weighted by atomic mass is 35.5. The Bertz CT molecular complexity index is 820. The van der Waals surface area contributed by atoms with Crippen LogP contribution in [0.3, 0.4) is 0 Å². The third-order valence-electron chi connectivity index (χ3n) is 4.91. The molecule has 2 aromatic rings. The monoisotopic (exact) mass is 417 g/mol. The number of hydrogen-bond acceptors (Lipinski definition) is 6. The first-order valence-corrected chi connectivity index (χ1v) is 10.2. The van der Waals surface area contributed by atoms with Crippen molar-refractivity contribution < 1.29 is 9.53 Å². The van der Waals surface area contributed by atoms with E-state index in [0.29, 0.717) is 16.8 Å². The number of hydrogen-bond donors (Lipinski definition) is 2. The van der Waals surface area contributed by atoms with E-state index < -0.39 is 0 Å². The lowest BCUT2D eigenvalue weighted by Gasteiger charge is -2.30. The van der Waals surface area contributed by atoms with Crippen molar-refractivity contribution in [2.24, 2.45) is 0 Å². The first kappa shape index (κ1) is 21.2. The van der Waals surface area contributed by atoms with Crippen molar-refractivity contribution in [1.82, 2.24) is 15.3 Å². The molecule has 3 rings (SSSR count). The molecule has 29 heavy (non-hydrogen) atoms. The van der Waals surface area contributed by atoms with Gasteiger partial charge in [-0.05, 0) is 56.9 Å². The van der Waals surface area contributed by atoms with E-state index in [0.717, 1.165) is 43.1 Å². The summed E-state index contributed by atoms with van der Waals surface area (Å²) in [5.74, 6) is 3.03. The average molecular weight is 418 g/mol. The molecule has 8 heteroatoms. The average Bonchev–Trinajstić information content (AvgIpc) is 2.68. The third-order valence-corrected chi connectivity index (χ3v) is 5.16. The van der Waals surface area contributed by atoms with Crippen molar-refractivity contribution in [1.29, 1.82) is 0 Å². The summed E-state index contributed by atoms with van der Waals surface area (Å²) in [5.41, 5.74) is 0. The molecule has 0 unspecified atom stereocenters. The molecular formula is C21H28ClN5O2. The van der Waals surface area contributed by atoms with Gasteiger partial charge in [0.15, 0.2) is 6.61 Å². The Labute approximate surface area is 176 Å². The molecule has 0 atom stereocenters. The highest BCUT2D eigenvalue weighted by Crippen LogP contribution is 2.23. The first-order chi connectivity index (χ1) is 13.9. The molecule has 1 fully saturated rings. The molecule has 1 amide bonds. The summed E-state index contributed by atoms with van der Waals surface area (Å²) in [6, 6.07) is 9.48. The van der Waals surface area contributed by atoms with Gasteiger partial charge in [-0.25, -0.2) is 9.97 Å². The van der Waals surface area contributed by atoms with E-state index >= 15 is 0 Å². The SMILES string of the molecule is Cc1nc(NC2CCC(NC(=O)COc3ccc(Cl)cc3)CC2)cc(N(C)C)n1. The van der Waals surface area contributed by atoms with Gasteiger partial charge in [-0.3, -0.25) is 4.79 Å². The van der Waals surface area contributed by atoms with Gasteiger partial charge in [-0.15, -0.1) is 0 Å². The summed E-state index contributed by atoms with van der Waals surface area (Å²) in [6.45, 7) is 1.91. The molecule has 0 aliphatic heterocycles. The van der Waals surface area contributed by atoms with Crippen molar-refractivity contribution >= 4 is 29.1 Å². The van der Waals surface area contributed by atoms with Gasteiger partial charge in [0.2, 0.25) is 0 Å². The number of aryl methyl sites for hydroxylation is 1. The summed E-state index contributed by atoms with van der Waals surface area (Å²) in [7, 11) is 3.94. The number of amides is 1. The predicted octanol–water partition coefficient (Wildman–Crippen LogP) is 3.42. The zero-order chi connectivity index (χ0) is 20.8. The van der Waals surface area contributed by atoms with Crippen molar-refractivity contribution in [3.05, 3.63) is 41.2 Å². The van der Waals surface area contributed by atoms with Crippen molar-refractivity contribution in [3.8, 4) is 5.75 Å². The summed E-state index contributed by atoms with van der Waals surface area (Å²) in [6.07, 6.45) is 3.80. The number of nitrogens with zero attached hydrogens (tertiary/aromatic N) is 3. The highest BCUT2D eigenvalue weighted by molar-refractivity contribution is 6.30. The Morgan fingerprint density at radius 1 is 1.14 bits per heavy atom. The summed E-state index contributed by atoms with van der Waals surface area (Å²) in [4.78, 5) is 23.1. The van der Waals surface area contributed by atoms with Gasteiger partial charge in [0, 0.05) is 37.3 Å². The maximum absolute atomic E-state index is 12.2. The van der Waals surface area contributed by atoms with Crippen LogP contribution in [-0.4, -0.2) is 48.7 Å². The highest BCUT2D eigenvalue weighted by Gasteiger charge is 2.23. The van der Waals surface area contributed by atoms with Crippen molar-refractivity contribution in [2.45, 2.75) is 44.7 Å². The van der Waals surface area contributed by atoms with E-state index in [9.17, 15) is 4.79 Å². The fraction of sp³-hybridized carbons (Fsp3) is 0.476. The second-order valence-corrected chi connectivity index (χ2v) is 7.99. The smallest absolute Gasteiger partial charge is 0.258 e. The fourth-order valence-corrected chi connectivity index (χ4v) is 3.52. The van der Waals surface area contributed by atoms with E-state index in [2.05, 4.69) is 20.6 Å². The van der Waals surface area contributed by atoms with Crippen LogP contribution in [0.15, 0.2) is 30.3 Å². The topological polar surface area (TPSA) is 79.4 Å². The molecular weight excluding hydrogens is 390 g/mol. The molecule has 1 heterocycles. The Balaban J connectivity index is 1.42. The number of rotatable bonds is 7. The first-order valence-electron chi connectivity index (χ1n) is 9.86. The van der Waals surface area contributed by atoms with Crippen LogP contribution in [-0.2, 0) is 4.79 Å². The lowest BCUT2D eigenvalue weighted by Crippen LogP contribution is -2.42. The Morgan fingerprint density at radius 3 is 2.45 bits per heavy atom. The molecule has 1 aromatic heterocycles. The van der Waals surface area contributed by atoms with Gasteiger partial charge in [0.1, 0.15) is 23.2 Å². The van der Waals surface area contributed by atoms with Gasteiger partial charge in [0.05, 0.1) is 0 Å². The van der Waals surface area contributed by atoms with E-state index in [1.165, 1.54) is 0 Å². The van der Waals surface area contributed by atoms with Gasteiger partial charge in [-0.1, -0.05) is 11.6 Å². The van der Waals surface area contributed by atoms with Gasteiger partial charge < -0.3 is 20.3 Å². The zero-order valence-electron chi connectivity index (χ0n) is 17.1. The van der Waals surface area contributed by atoms with Crippen LogP contribution >= 0.6 is 11.6 Å². The van der Waals surface area contributed by atoms with E-state index in [4.69, 9.17) is 16.3 Å². The molecule has 156 valence electrons. The maximum atomic E-state index is 12.2. The number of ether oxygens (including phenoxy) is 1. The molecule has 0 spiro atoms. The summed E-state index contributed by atoms with van der Waals surface area (Å²) >= 11 is 5.85. The molecule has 1 aliphatic carbocycles. The summed E-state index contributed by atoms with van der Waals surface area (Å²) in [5, 5.41) is 7.23. The van der Waals surface area contributed by atoms with Crippen molar-refractivity contribution in [3.63, 3.8) is 0 Å². The van der Waals surface area contributed by atoms with Crippen LogP contribution in [0.5, 0.6) is 5.75 Å². The lowest BCUT2D eigenvalue weighted by atomic mass is 9.91. The second kappa shape index (κ2) is 9.78. The van der Waals surface area contributed by atoms with Crippen LogP contribution in [0.25, 0.3) is 0 Å². The number of anilines is 2. The molecule has 1 aromatic carbocycles. The lowest BCUT2D eigenvalue weighted by molar-refractivity contribution is -0.124. The second-order valence-electron chi connectivity index (χ2n) is 7.56. The molecule has 1 aliphatic rings. The number of aromatic nitrogens is 2. The fourth-order valence-electron chi connectivity index (χ4n) is 3.40. The predicted molar refractivity (Wildman–Crippen MR) is 116 cm³/mol. The maximum Gasteiger partial charge on any atom is 0.258 e. The largest absolute Gasteiger partial charge is 0.484 e. The standard InChI is InChI=1S/C21H28ClN5O2/c1-14-23-19(12-20(24-14)27(2)3)25-16-6-8-17(9-7-16)26-21(28)13-29-18-10-4-15(22)5-11-18/h4-5,10-12,16-17H,6-9,13H2,1-3H3,(H,26,28)(H,23,24,25). The van der Waals surface area contributed by atoms with E-state index in [-0.39, 0.29) is 18.6 Å². The molecule has 1 saturated carbocycles. The van der Waals surface area contributed by atoms with Gasteiger partial charge >= 0.3 is 0 Å².